The van der Waals surface area contributed by atoms with Crippen LogP contribution in [-0.2, 0) is 0 Å². The molecule has 0 aromatic heterocycles. The van der Waals surface area contributed by atoms with Crippen LogP contribution >= 0.6 is 11.6 Å². The monoisotopic (exact) mass is 282 g/mol. The van der Waals surface area contributed by atoms with Gasteiger partial charge in [-0.25, -0.2) is 0 Å². The molecule has 0 bridgehead atoms. The van der Waals surface area contributed by atoms with Crippen molar-refractivity contribution in [3.63, 3.8) is 0 Å². The number of carbonyl (C=O) groups is 1. The summed E-state index contributed by atoms with van der Waals surface area (Å²) in [5, 5.41) is 2.97. The van der Waals surface area contributed by atoms with Crippen LogP contribution in [0.5, 0.6) is 0 Å². The number of amides is 1. The summed E-state index contributed by atoms with van der Waals surface area (Å²) in [5.74, 6) is 1.09. The van der Waals surface area contributed by atoms with E-state index >= 15 is 0 Å². The molecule has 3 nitrogen and oxygen atoms in total. The van der Waals surface area contributed by atoms with Gasteiger partial charge in [0, 0.05) is 37.8 Å². The van der Waals surface area contributed by atoms with Crippen molar-refractivity contribution < 1.29 is 4.79 Å². The van der Waals surface area contributed by atoms with E-state index in [0.717, 1.165) is 18.5 Å². The summed E-state index contributed by atoms with van der Waals surface area (Å²) in [6.45, 7) is 2.81. The van der Waals surface area contributed by atoms with Crippen molar-refractivity contribution >= 4 is 23.2 Å². The largest absolute Gasteiger partial charge is 0.378 e. The summed E-state index contributed by atoms with van der Waals surface area (Å²) < 4.78 is 0. The van der Waals surface area contributed by atoms with E-state index in [1.165, 1.54) is 0 Å². The SMILES string of the molecule is CCC(CCCl)CNC(=O)c1ccc(N(C)C)cc1. The molecule has 19 heavy (non-hydrogen) atoms. The molecule has 1 aromatic carbocycles. The third-order valence-electron chi connectivity index (χ3n) is 3.29. The molecule has 0 heterocycles. The molecule has 0 saturated heterocycles. The molecular formula is C15H23ClN2O. The van der Waals surface area contributed by atoms with Gasteiger partial charge in [-0.2, -0.15) is 0 Å². The predicted octanol–water partition coefficient (Wildman–Crippen LogP) is 3.14. The summed E-state index contributed by atoms with van der Waals surface area (Å²) in [6.07, 6.45) is 1.98. The van der Waals surface area contributed by atoms with Crippen LogP contribution in [0.3, 0.4) is 0 Å². The normalized spacial score (nSPS) is 12.0. The maximum Gasteiger partial charge on any atom is 0.251 e. The Balaban J connectivity index is 2.53. The number of rotatable bonds is 7. The van der Waals surface area contributed by atoms with Gasteiger partial charge in [0.2, 0.25) is 0 Å². The van der Waals surface area contributed by atoms with Gasteiger partial charge >= 0.3 is 0 Å². The summed E-state index contributed by atoms with van der Waals surface area (Å²) in [6, 6.07) is 7.61. The van der Waals surface area contributed by atoms with Gasteiger partial charge in [0.25, 0.3) is 5.91 Å². The quantitative estimate of drug-likeness (QED) is 0.779. The first-order valence-corrected chi connectivity index (χ1v) is 7.23. The van der Waals surface area contributed by atoms with Crippen molar-refractivity contribution in [1.82, 2.24) is 5.32 Å². The predicted molar refractivity (Wildman–Crippen MR) is 82.2 cm³/mol. The fraction of sp³-hybridized carbons (Fsp3) is 0.533. The Morgan fingerprint density at radius 2 is 1.95 bits per heavy atom. The number of hydrogen-bond acceptors (Lipinski definition) is 2. The maximum absolute atomic E-state index is 12.0. The highest BCUT2D eigenvalue weighted by Gasteiger charge is 2.09. The van der Waals surface area contributed by atoms with Crippen LogP contribution in [0.2, 0.25) is 0 Å². The van der Waals surface area contributed by atoms with E-state index in [2.05, 4.69) is 12.2 Å². The second-order valence-corrected chi connectivity index (χ2v) is 5.28. The lowest BCUT2D eigenvalue weighted by molar-refractivity contribution is 0.0946. The van der Waals surface area contributed by atoms with Crippen molar-refractivity contribution in [2.45, 2.75) is 19.8 Å². The fourth-order valence-electron chi connectivity index (χ4n) is 1.85. The lowest BCUT2D eigenvalue weighted by Crippen LogP contribution is -2.29. The van der Waals surface area contributed by atoms with Crippen molar-refractivity contribution in [2.24, 2.45) is 5.92 Å². The molecule has 1 unspecified atom stereocenters. The first kappa shape index (κ1) is 15.8. The van der Waals surface area contributed by atoms with E-state index in [1.54, 1.807) is 0 Å². The second-order valence-electron chi connectivity index (χ2n) is 4.90. The Morgan fingerprint density at radius 3 is 2.42 bits per heavy atom. The molecule has 1 rings (SSSR count). The van der Waals surface area contributed by atoms with E-state index in [9.17, 15) is 4.79 Å². The maximum atomic E-state index is 12.0. The number of nitrogens with zero attached hydrogens (tertiary/aromatic N) is 1. The lowest BCUT2D eigenvalue weighted by atomic mass is 10.0. The molecule has 106 valence electrons. The Labute approximate surface area is 120 Å². The zero-order valence-electron chi connectivity index (χ0n) is 11.9. The molecular weight excluding hydrogens is 260 g/mol. The molecule has 1 atom stereocenters. The fourth-order valence-corrected chi connectivity index (χ4v) is 2.16. The minimum atomic E-state index is -0.0154. The summed E-state index contributed by atoms with van der Waals surface area (Å²) >= 11 is 5.74. The topological polar surface area (TPSA) is 32.3 Å². The zero-order chi connectivity index (χ0) is 14.3. The molecule has 0 aliphatic rings. The van der Waals surface area contributed by atoms with Gasteiger partial charge in [0.05, 0.1) is 0 Å². The van der Waals surface area contributed by atoms with E-state index in [0.29, 0.717) is 23.9 Å². The van der Waals surface area contributed by atoms with Gasteiger partial charge in [-0.1, -0.05) is 13.3 Å². The Kier molecular flexibility index (Phi) is 6.71. The Bertz CT molecular complexity index is 390. The summed E-state index contributed by atoms with van der Waals surface area (Å²) in [4.78, 5) is 14.0. The second kappa shape index (κ2) is 8.05. The minimum Gasteiger partial charge on any atom is -0.378 e. The highest BCUT2D eigenvalue weighted by Crippen LogP contribution is 2.13. The highest BCUT2D eigenvalue weighted by molar-refractivity contribution is 6.17. The standard InChI is InChI=1S/C15H23ClN2O/c1-4-12(9-10-16)11-17-15(19)13-5-7-14(8-6-13)18(2)3/h5-8,12H,4,9-11H2,1-3H3,(H,17,19). The van der Waals surface area contributed by atoms with Crippen molar-refractivity contribution in [3.05, 3.63) is 29.8 Å². The minimum absolute atomic E-state index is 0.0154. The number of carbonyl (C=O) groups excluding carboxylic acids is 1. The van der Waals surface area contributed by atoms with Gasteiger partial charge in [-0.05, 0) is 36.6 Å². The summed E-state index contributed by atoms with van der Waals surface area (Å²) in [7, 11) is 3.96. The van der Waals surface area contributed by atoms with Crippen molar-refractivity contribution in [2.75, 3.05) is 31.4 Å². The van der Waals surface area contributed by atoms with E-state index in [1.807, 2.05) is 43.3 Å². The van der Waals surface area contributed by atoms with Gasteiger partial charge in [0.15, 0.2) is 0 Å². The number of anilines is 1. The van der Waals surface area contributed by atoms with Gasteiger partial charge < -0.3 is 10.2 Å². The molecule has 1 N–H and O–H groups in total. The van der Waals surface area contributed by atoms with Crippen LogP contribution in [0.1, 0.15) is 30.1 Å². The van der Waals surface area contributed by atoms with Crippen LogP contribution in [0, 0.1) is 5.92 Å². The number of hydrogen-bond donors (Lipinski definition) is 1. The zero-order valence-corrected chi connectivity index (χ0v) is 12.7. The van der Waals surface area contributed by atoms with Crippen LogP contribution < -0.4 is 10.2 Å². The Hall–Kier alpha value is -1.22. The third-order valence-corrected chi connectivity index (χ3v) is 3.51. The number of nitrogens with one attached hydrogen (secondary N) is 1. The molecule has 0 spiro atoms. The Morgan fingerprint density at radius 1 is 1.32 bits per heavy atom. The first-order valence-electron chi connectivity index (χ1n) is 6.70. The van der Waals surface area contributed by atoms with Gasteiger partial charge in [-0.15, -0.1) is 11.6 Å². The van der Waals surface area contributed by atoms with Crippen LogP contribution in [0.4, 0.5) is 5.69 Å². The van der Waals surface area contributed by atoms with E-state index in [4.69, 9.17) is 11.6 Å². The molecule has 4 heteroatoms. The number of alkyl halides is 1. The number of benzene rings is 1. The molecule has 1 aromatic rings. The third kappa shape index (κ3) is 5.11. The molecule has 1 amide bonds. The average Bonchev–Trinajstić information content (AvgIpc) is 2.43. The van der Waals surface area contributed by atoms with Gasteiger partial charge in [0.1, 0.15) is 0 Å². The molecule has 0 aliphatic heterocycles. The molecule has 0 aliphatic carbocycles. The number of halogens is 1. The van der Waals surface area contributed by atoms with Crippen molar-refractivity contribution in [1.29, 1.82) is 0 Å². The van der Waals surface area contributed by atoms with Crippen LogP contribution in [0.25, 0.3) is 0 Å². The van der Waals surface area contributed by atoms with Crippen molar-refractivity contribution in [3.8, 4) is 0 Å². The van der Waals surface area contributed by atoms with E-state index < -0.39 is 0 Å². The van der Waals surface area contributed by atoms with Gasteiger partial charge in [-0.3, -0.25) is 4.79 Å². The van der Waals surface area contributed by atoms with Crippen LogP contribution in [-0.4, -0.2) is 32.4 Å². The van der Waals surface area contributed by atoms with E-state index in [-0.39, 0.29) is 5.91 Å². The van der Waals surface area contributed by atoms with Crippen LogP contribution in [0.15, 0.2) is 24.3 Å². The lowest BCUT2D eigenvalue weighted by Gasteiger charge is -2.15. The summed E-state index contributed by atoms with van der Waals surface area (Å²) in [5.41, 5.74) is 1.79. The first-order chi connectivity index (χ1) is 9.08. The average molecular weight is 283 g/mol. The molecule has 0 saturated carbocycles. The molecule has 0 radical (unpaired) electrons. The molecule has 0 fully saturated rings. The highest BCUT2D eigenvalue weighted by atomic mass is 35.5. The smallest absolute Gasteiger partial charge is 0.251 e.